The van der Waals surface area contributed by atoms with Crippen molar-refractivity contribution in [1.82, 2.24) is 0 Å². The molecular weight excluding hydrogens is 249 g/mol. The SMILES string of the molecule is Fc1cc(Cl)ccc1OC/C(Cl)=C/Cl. The van der Waals surface area contributed by atoms with Crippen LogP contribution in [0.25, 0.3) is 0 Å². The average Bonchev–Trinajstić information content (AvgIpc) is 2.16. The molecule has 0 N–H and O–H groups in total. The highest BCUT2D eigenvalue weighted by Crippen LogP contribution is 2.21. The Balaban J connectivity index is 2.68. The first-order valence-electron chi connectivity index (χ1n) is 3.66. The molecule has 0 saturated carbocycles. The highest BCUT2D eigenvalue weighted by molar-refractivity contribution is 6.36. The average molecular weight is 256 g/mol. The van der Waals surface area contributed by atoms with Gasteiger partial charge in [-0.3, -0.25) is 0 Å². The Morgan fingerprint density at radius 3 is 2.79 bits per heavy atom. The number of hydrogen-bond donors (Lipinski definition) is 0. The fraction of sp³-hybridized carbons (Fsp3) is 0.111. The summed E-state index contributed by atoms with van der Waals surface area (Å²) >= 11 is 16.4. The van der Waals surface area contributed by atoms with Crippen LogP contribution in [0.4, 0.5) is 4.39 Å². The fourth-order valence-electron chi connectivity index (χ4n) is 0.770. The minimum atomic E-state index is -0.531. The molecule has 1 nitrogen and oxygen atoms in total. The molecular formula is C9H6Cl3FO. The lowest BCUT2D eigenvalue weighted by atomic mass is 10.3. The first-order chi connectivity index (χ1) is 6.63. The van der Waals surface area contributed by atoms with Crippen molar-refractivity contribution in [2.24, 2.45) is 0 Å². The van der Waals surface area contributed by atoms with Gasteiger partial charge >= 0.3 is 0 Å². The zero-order chi connectivity index (χ0) is 10.6. The Labute approximate surface area is 96.0 Å². The van der Waals surface area contributed by atoms with Crippen molar-refractivity contribution in [1.29, 1.82) is 0 Å². The van der Waals surface area contributed by atoms with Gasteiger partial charge in [0, 0.05) is 10.6 Å². The third-order valence-corrected chi connectivity index (χ3v) is 2.21. The highest BCUT2D eigenvalue weighted by Gasteiger charge is 2.04. The first-order valence-corrected chi connectivity index (χ1v) is 4.85. The maximum atomic E-state index is 13.1. The topological polar surface area (TPSA) is 9.23 Å². The molecule has 0 heterocycles. The molecule has 0 fully saturated rings. The van der Waals surface area contributed by atoms with E-state index in [-0.39, 0.29) is 12.4 Å². The van der Waals surface area contributed by atoms with E-state index in [1.54, 1.807) is 0 Å². The molecule has 14 heavy (non-hydrogen) atoms. The molecule has 0 aliphatic rings. The fourth-order valence-corrected chi connectivity index (χ4v) is 1.05. The zero-order valence-corrected chi connectivity index (χ0v) is 9.20. The Hall–Kier alpha value is -0.440. The van der Waals surface area contributed by atoms with E-state index in [4.69, 9.17) is 39.5 Å². The van der Waals surface area contributed by atoms with Crippen LogP contribution >= 0.6 is 34.8 Å². The van der Waals surface area contributed by atoms with Crippen LogP contribution in [-0.4, -0.2) is 6.61 Å². The van der Waals surface area contributed by atoms with Gasteiger partial charge in [0.1, 0.15) is 6.61 Å². The van der Waals surface area contributed by atoms with Crippen LogP contribution in [-0.2, 0) is 0 Å². The summed E-state index contributed by atoms with van der Waals surface area (Å²) in [5.41, 5.74) is 1.16. The zero-order valence-electron chi connectivity index (χ0n) is 6.94. The molecule has 0 aliphatic heterocycles. The van der Waals surface area contributed by atoms with Gasteiger partial charge in [0.05, 0.1) is 5.03 Å². The van der Waals surface area contributed by atoms with Crippen molar-refractivity contribution >= 4 is 34.8 Å². The monoisotopic (exact) mass is 254 g/mol. The molecule has 1 aromatic rings. The molecule has 76 valence electrons. The number of rotatable bonds is 3. The quantitative estimate of drug-likeness (QED) is 0.787. The van der Waals surface area contributed by atoms with Crippen molar-refractivity contribution in [3.8, 4) is 5.75 Å². The lowest BCUT2D eigenvalue weighted by Crippen LogP contribution is -1.98. The second-order valence-electron chi connectivity index (χ2n) is 2.42. The van der Waals surface area contributed by atoms with Crippen molar-refractivity contribution in [3.05, 3.63) is 39.6 Å². The van der Waals surface area contributed by atoms with Crippen LogP contribution in [0.3, 0.4) is 0 Å². The maximum absolute atomic E-state index is 13.1. The van der Waals surface area contributed by atoms with Crippen molar-refractivity contribution in [2.75, 3.05) is 6.61 Å². The van der Waals surface area contributed by atoms with E-state index in [1.165, 1.54) is 12.1 Å². The van der Waals surface area contributed by atoms with E-state index >= 15 is 0 Å². The van der Waals surface area contributed by atoms with Gasteiger partial charge in [0.25, 0.3) is 0 Å². The molecule has 0 saturated heterocycles. The molecule has 0 aliphatic carbocycles. The van der Waals surface area contributed by atoms with Crippen LogP contribution in [0, 0.1) is 5.82 Å². The summed E-state index contributed by atoms with van der Waals surface area (Å²) in [5, 5.41) is 0.606. The van der Waals surface area contributed by atoms with E-state index in [2.05, 4.69) is 0 Å². The molecule has 0 aromatic heterocycles. The smallest absolute Gasteiger partial charge is 0.166 e. The number of halogens is 4. The van der Waals surface area contributed by atoms with Gasteiger partial charge in [-0.15, -0.1) is 0 Å². The van der Waals surface area contributed by atoms with Crippen molar-refractivity contribution in [3.63, 3.8) is 0 Å². The summed E-state index contributed by atoms with van der Waals surface area (Å²) < 4.78 is 18.1. The van der Waals surface area contributed by atoms with E-state index in [0.717, 1.165) is 11.6 Å². The third-order valence-electron chi connectivity index (χ3n) is 1.38. The van der Waals surface area contributed by atoms with E-state index < -0.39 is 5.82 Å². The summed E-state index contributed by atoms with van der Waals surface area (Å²) in [7, 11) is 0. The first kappa shape index (κ1) is 11.6. The Morgan fingerprint density at radius 2 is 2.21 bits per heavy atom. The predicted molar refractivity (Wildman–Crippen MR) is 56.7 cm³/mol. The lowest BCUT2D eigenvalue weighted by molar-refractivity contribution is 0.338. The molecule has 0 atom stereocenters. The molecule has 0 radical (unpaired) electrons. The van der Waals surface area contributed by atoms with Crippen LogP contribution in [0.15, 0.2) is 28.8 Å². The van der Waals surface area contributed by atoms with E-state index in [0.29, 0.717) is 10.1 Å². The van der Waals surface area contributed by atoms with E-state index in [9.17, 15) is 4.39 Å². The van der Waals surface area contributed by atoms with Crippen LogP contribution < -0.4 is 4.74 Å². The van der Waals surface area contributed by atoms with Crippen LogP contribution in [0.2, 0.25) is 5.02 Å². The molecule has 5 heteroatoms. The van der Waals surface area contributed by atoms with Gasteiger partial charge in [-0.1, -0.05) is 34.8 Å². The Kier molecular flexibility index (Phi) is 4.52. The van der Waals surface area contributed by atoms with E-state index in [1.807, 2.05) is 0 Å². The Morgan fingerprint density at radius 1 is 1.50 bits per heavy atom. The minimum absolute atomic E-state index is 0.0314. The highest BCUT2D eigenvalue weighted by atomic mass is 35.5. The lowest BCUT2D eigenvalue weighted by Gasteiger charge is -2.05. The maximum Gasteiger partial charge on any atom is 0.166 e. The van der Waals surface area contributed by atoms with Crippen molar-refractivity contribution < 1.29 is 9.13 Å². The summed E-state index contributed by atoms with van der Waals surface area (Å²) in [6.07, 6.45) is 0. The summed E-state index contributed by atoms with van der Waals surface area (Å²) in [6, 6.07) is 4.11. The molecule has 1 rings (SSSR count). The number of benzene rings is 1. The molecule has 0 spiro atoms. The van der Waals surface area contributed by atoms with Gasteiger partial charge in [-0.25, -0.2) is 4.39 Å². The molecule has 0 amide bonds. The second kappa shape index (κ2) is 5.44. The minimum Gasteiger partial charge on any atom is -0.485 e. The van der Waals surface area contributed by atoms with Crippen molar-refractivity contribution in [2.45, 2.75) is 0 Å². The third kappa shape index (κ3) is 3.37. The summed E-state index contributed by atoms with van der Waals surface area (Å²) in [6.45, 7) is 0.0314. The number of hydrogen-bond acceptors (Lipinski definition) is 1. The number of ether oxygens (including phenoxy) is 1. The second-order valence-corrected chi connectivity index (χ2v) is 3.56. The normalized spacial score (nSPS) is 11.6. The molecule has 0 bridgehead atoms. The predicted octanol–water partition coefficient (Wildman–Crippen LogP) is 4.18. The van der Waals surface area contributed by atoms with Crippen LogP contribution in [0.5, 0.6) is 5.75 Å². The van der Waals surface area contributed by atoms with Gasteiger partial charge in [-0.05, 0) is 18.2 Å². The van der Waals surface area contributed by atoms with Gasteiger partial charge in [-0.2, -0.15) is 0 Å². The Bertz CT molecular complexity index is 352. The van der Waals surface area contributed by atoms with Gasteiger partial charge in [0.2, 0.25) is 0 Å². The largest absolute Gasteiger partial charge is 0.485 e. The van der Waals surface area contributed by atoms with Crippen LogP contribution in [0.1, 0.15) is 0 Å². The standard InChI is InChI=1S/C9H6Cl3FO/c10-4-7(12)5-14-9-2-1-6(11)3-8(9)13/h1-4H,5H2/b7-4-. The van der Waals surface area contributed by atoms with Gasteiger partial charge < -0.3 is 4.74 Å². The summed E-state index contributed by atoms with van der Waals surface area (Å²) in [4.78, 5) is 0. The molecule has 1 aromatic carbocycles. The summed E-state index contributed by atoms with van der Waals surface area (Å²) in [5.74, 6) is -0.442. The molecule has 0 unspecified atom stereocenters. The van der Waals surface area contributed by atoms with Gasteiger partial charge in [0.15, 0.2) is 11.6 Å².